The summed E-state index contributed by atoms with van der Waals surface area (Å²) in [6.45, 7) is 5.89. The molecule has 0 fully saturated rings. The van der Waals surface area contributed by atoms with E-state index in [0.29, 0.717) is 16.6 Å². The first-order chi connectivity index (χ1) is 8.97. The van der Waals surface area contributed by atoms with Crippen molar-refractivity contribution in [2.24, 2.45) is 0 Å². The monoisotopic (exact) mass is 276 g/mol. The van der Waals surface area contributed by atoms with Crippen LogP contribution in [0.2, 0.25) is 0 Å². The lowest BCUT2D eigenvalue weighted by molar-refractivity contribution is 0.102. The lowest BCUT2D eigenvalue weighted by Gasteiger charge is -2.04. The van der Waals surface area contributed by atoms with Crippen molar-refractivity contribution < 1.29 is 9.90 Å². The molecule has 1 aromatic carbocycles. The molecule has 0 saturated carbocycles. The lowest BCUT2D eigenvalue weighted by Crippen LogP contribution is -2.11. The van der Waals surface area contributed by atoms with Crippen LogP contribution in [0.5, 0.6) is 5.75 Å². The summed E-state index contributed by atoms with van der Waals surface area (Å²) in [5.74, 6) is 0.194. The second kappa shape index (κ2) is 5.40. The van der Waals surface area contributed by atoms with Crippen LogP contribution in [-0.2, 0) is 0 Å². The number of anilines is 1. The molecule has 1 aromatic heterocycles. The van der Waals surface area contributed by atoms with Crippen LogP contribution < -0.4 is 5.32 Å². The van der Waals surface area contributed by atoms with Crippen molar-refractivity contribution in [1.29, 1.82) is 0 Å². The first-order valence-electron chi connectivity index (χ1n) is 6.03. The van der Waals surface area contributed by atoms with E-state index >= 15 is 0 Å². The Morgan fingerprint density at radius 3 is 2.74 bits per heavy atom. The highest BCUT2D eigenvalue weighted by Gasteiger charge is 2.11. The quantitative estimate of drug-likeness (QED) is 0.901. The van der Waals surface area contributed by atoms with Gasteiger partial charge in [-0.05, 0) is 30.5 Å². The van der Waals surface area contributed by atoms with Crippen molar-refractivity contribution >= 4 is 22.4 Å². The van der Waals surface area contributed by atoms with E-state index < -0.39 is 0 Å². The van der Waals surface area contributed by atoms with Gasteiger partial charge in [-0.25, -0.2) is 4.98 Å². The number of aromatic nitrogens is 1. The van der Waals surface area contributed by atoms with E-state index in [9.17, 15) is 9.90 Å². The lowest BCUT2D eigenvalue weighted by atomic mass is 10.1. The van der Waals surface area contributed by atoms with Crippen LogP contribution >= 0.6 is 11.3 Å². The highest BCUT2D eigenvalue weighted by Crippen LogP contribution is 2.23. The van der Waals surface area contributed by atoms with Crippen LogP contribution in [0.3, 0.4) is 0 Å². The van der Waals surface area contributed by atoms with E-state index in [-0.39, 0.29) is 11.7 Å². The Labute approximate surface area is 116 Å². The van der Waals surface area contributed by atoms with Crippen molar-refractivity contribution in [1.82, 2.24) is 4.98 Å². The minimum Gasteiger partial charge on any atom is -0.508 e. The molecule has 2 N–H and O–H groups in total. The molecule has 0 atom stereocenters. The molecule has 0 aliphatic heterocycles. The van der Waals surface area contributed by atoms with Crippen LogP contribution in [-0.4, -0.2) is 16.0 Å². The van der Waals surface area contributed by atoms with Gasteiger partial charge in [0, 0.05) is 10.9 Å². The number of hydrogen-bond donors (Lipinski definition) is 2. The van der Waals surface area contributed by atoms with Gasteiger partial charge in [0.05, 0.1) is 5.69 Å². The smallest absolute Gasteiger partial charge is 0.257 e. The molecule has 0 unspecified atom stereocenters. The molecule has 5 heteroatoms. The van der Waals surface area contributed by atoms with E-state index in [1.54, 1.807) is 19.1 Å². The maximum atomic E-state index is 12.0. The standard InChI is InChI=1S/C14H16N2O2S/c1-8(2)11-7-19-14(15-11)16-13(18)10-5-4-9(3)12(17)6-10/h4-8,17H,1-3H3,(H,15,16,18). The van der Waals surface area contributed by atoms with Crippen LogP contribution in [0.1, 0.15) is 41.4 Å². The summed E-state index contributed by atoms with van der Waals surface area (Å²) in [5, 5.41) is 14.9. The predicted molar refractivity (Wildman–Crippen MR) is 77.0 cm³/mol. The Kier molecular flexibility index (Phi) is 3.85. The van der Waals surface area contributed by atoms with Gasteiger partial charge in [0.2, 0.25) is 0 Å². The van der Waals surface area contributed by atoms with E-state index in [1.165, 1.54) is 17.4 Å². The Hall–Kier alpha value is -1.88. The van der Waals surface area contributed by atoms with Crippen LogP contribution in [0.25, 0.3) is 0 Å². The number of rotatable bonds is 3. The highest BCUT2D eigenvalue weighted by atomic mass is 32.1. The van der Waals surface area contributed by atoms with E-state index in [2.05, 4.69) is 24.1 Å². The molecule has 1 amide bonds. The number of hydrogen-bond acceptors (Lipinski definition) is 4. The van der Waals surface area contributed by atoms with Gasteiger partial charge in [0.1, 0.15) is 5.75 Å². The molecule has 19 heavy (non-hydrogen) atoms. The molecule has 2 aromatic rings. The molecule has 0 aliphatic carbocycles. The van der Waals surface area contributed by atoms with Gasteiger partial charge in [-0.3, -0.25) is 10.1 Å². The SMILES string of the molecule is Cc1ccc(C(=O)Nc2nc(C(C)C)cs2)cc1O. The largest absolute Gasteiger partial charge is 0.508 e. The maximum Gasteiger partial charge on any atom is 0.257 e. The van der Waals surface area contributed by atoms with Gasteiger partial charge in [-0.15, -0.1) is 11.3 Å². The molecule has 0 radical (unpaired) electrons. The molecule has 0 spiro atoms. The van der Waals surface area contributed by atoms with E-state index in [0.717, 1.165) is 11.3 Å². The van der Waals surface area contributed by atoms with Crippen molar-refractivity contribution in [2.75, 3.05) is 5.32 Å². The van der Waals surface area contributed by atoms with Crippen molar-refractivity contribution in [3.8, 4) is 5.75 Å². The second-order valence-corrected chi connectivity index (χ2v) is 5.55. The third-order valence-corrected chi connectivity index (χ3v) is 3.58. The third-order valence-electron chi connectivity index (χ3n) is 2.81. The Morgan fingerprint density at radius 1 is 1.42 bits per heavy atom. The van der Waals surface area contributed by atoms with Crippen LogP contribution in [0, 0.1) is 6.92 Å². The minimum absolute atomic E-state index is 0.120. The number of thiazole rings is 1. The summed E-state index contributed by atoms with van der Waals surface area (Å²) in [7, 11) is 0. The van der Waals surface area contributed by atoms with Crippen LogP contribution in [0.4, 0.5) is 5.13 Å². The molecular weight excluding hydrogens is 260 g/mol. The summed E-state index contributed by atoms with van der Waals surface area (Å²) in [6.07, 6.45) is 0. The number of carbonyl (C=O) groups is 1. The van der Waals surface area contributed by atoms with Gasteiger partial charge in [-0.1, -0.05) is 19.9 Å². The van der Waals surface area contributed by atoms with Gasteiger partial charge >= 0.3 is 0 Å². The first-order valence-corrected chi connectivity index (χ1v) is 6.91. The maximum absolute atomic E-state index is 12.0. The van der Waals surface area contributed by atoms with E-state index in [4.69, 9.17) is 0 Å². The molecular formula is C14H16N2O2S. The Morgan fingerprint density at radius 2 is 2.16 bits per heavy atom. The fourth-order valence-electron chi connectivity index (χ4n) is 1.53. The number of amides is 1. The number of aryl methyl sites for hydroxylation is 1. The molecule has 0 aliphatic rings. The third kappa shape index (κ3) is 3.12. The Balaban J connectivity index is 2.13. The topological polar surface area (TPSA) is 62.2 Å². The summed E-state index contributed by atoms with van der Waals surface area (Å²) >= 11 is 1.40. The van der Waals surface area contributed by atoms with Crippen LogP contribution in [0.15, 0.2) is 23.6 Å². The van der Waals surface area contributed by atoms with Gasteiger partial charge in [-0.2, -0.15) is 0 Å². The molecule has 0 saturated heterocycles. The minimum atomic E-state index is -0.264. The zero-order valence-electron chi connectivity index (χ0n) is 11.1. The Bertz CT molecular complexity index is 605. The number of benzene rings is 1. The predicted octanol–water partition coefficient (Wildman–Crippen LogP) is 3.53. The van der Waals surface area contributed by atoms with Crippen molar-refractivity contribution in [3.05, 3.63) is 40.4 Å². The molecule has 0 bridgehead atoms. The zero-order chi connectivity index (χ0) is 14.0. The summed E-state index contributed by atoms with van der Waals surface area (Å²) in [4.78, 5) is 16.3. The average molecular weight is 276 g/mol. The van der Waals surface area contributed by atoms with Gasteiger partial charge in [0.25, 0.3) is 5.91 Å². The number of phenols is 1. The molecule has 100 valence electrons. The number of aromatic hydroxyl groups is 1. The normalized spacial score (nSPS) is 10.7. The summed E-state index contributed by atoms with van der Waals surface area (Å²) in [6, 6.07) is 4.86. The van der Waals surface area contributed by atoms with Gasteiger partial charge < -0.3 is 5.11 Å². The number of nitrogens with zero attached hydrogens (tertiary/aromatic N) is 1. The number of phenolic OH excluding ortho intramolecular Hbond substituents is 1. The number of carbonyl (C=O) groups excluding carboxylic acids is 1. The fraction of sp³-hybridized carbons (Fsp3) is 0.286. The molecule has 2 rings (SSSR count). The second-order valence-electron chi connectivity index (χ2n) is 4.69. The summed E-state index contributed by atoms with van der Waals surface area (Å²) < 4.78 is 0. The van der Waals surface area contributed by atoms with Crippen molar-refractivity contribution in [3.63, 3.8) is 0 Å². The molecule has 1 heterocycles. The summed E-state index contributed by atoms with van der Waals surface area (Å²) in [5.41, 5.74) is 2.13. The first kappa shape index (κ1) is 13.5. The highest BCUT2D eigenvalue weighted by molar-refractivity contribution is 7.14. The van der Waals surface area contributed by atoms with E-state index in [1.807, 2.05) is 5.38 Å². The molecule has 4 nitrogen and oxygen atoms in total. The number of nitrogens with one attached hydrogen (secondary N) is 1. The average Bonchev–Trinajstić information content (AvgIpc) is 2.81. The van der Waals surface area contributed by atoms with Crippen molar-refractivity contribution in [2.45, 2.75) is 26.7 Å². The zero-order valence-corrected chi connectivity index (χ0v) is 11.9. The van der Waals surface area contributed by atoms with Gasteiger partial charge in [0.15, 0.2) is 5.13 Å². The fourth-order valence-corrected chi connectivity index (χ4v) is 2.40.